The third-order valence-corrected chi connectivity index (χ3v) is 1.71. The first-order valence-corrected chi connectivity index (χ1v) is 4.34. The third-order valence-electron chi connectivity index (χ3n) is 1.71. The van der Waals surface area contributed by atoms with E-state index in [1.807, 2.05) is 0 Å². The summed E-state index contributed by atoms with van der Waals surface area (Å²) in [5.41, 5.74) is 0.477. The fourth-order valence-electron chi connectivity index (χ4n) is 1.03. The van der Waals surface area contributed by atoms with Crippen LogP contribution < -0.4 is 5.32 Å². The molecule has 0 aliphatic rings. The standard InChI is InChI=1S/C10H8N4O/c15-9(8-3-1-4-11-7-8)14-10-12-5-2-6-13-10/h1-7H,(H,12,13,14,15). The molecule has 2 aromatic heterocycles. The molecule has 5 nitrogen and oxygen atoms in total. The second-order valence-electron chi connectivity index (χ2n) is 2.77. The zero-order valence-electron chi connectivity index (χ0n) is 7.79. The summed E-state index contributed by atoms with van der Waals surface area (Å²) in [5.74, 6) is 0.0145. The fraction of sp³-hybridized carbons (Fsp3) is 0. The highest BCUT2D eigenvalue weighted by atomic mass is 16.1. The van der Waals surface area contributed by atoms with E-state index in [2.05, 4.69) is 20.3 Å². The number of nitrogens with one attached hydrogen (secondary N) is 1. The minimum absolute atomic E-state index is 0.269. The van der Waals surface area contributed by atoms with Crippen LogP contribution in [0.3, 0.4) is 0 Å². The second kappa shape index (κ2) is 4.28. The van der Waals surface area contributed by atoms with E-state index in [4.69, 9.17) is 0 Å². The predicted molar refractivity (Wildman–Crippen MR) is 54.2 cm³/mol. The van der Waals surface area contributed by atoms with Crippen LogP contribution in [0.1, 0.15) is 10.4 Å². The predicted octanol–water partition coefficient (Wildman–Crippen LogP) is 1.12. The number of nitrogens with zero attached hydrogens (tertiary/aromatic N) is 3. The molecule has 0 fully saturated rings. The van der Waals surface area contributed by atoms with Gasteiger partial charge in [-0.15, -0.1) is 0 Å². The number of amides is 1. The number of carbonyl (C=O) groups excluding carboxylic acids is 1. The number of anilines is 1. The summed E-state index contributed by atoms with van der Waals surface area (Å²) < 4.78 is 0. The van der Waals surface area contributed by atoms with Crippen LogP contribution in [0.15, 0.2) is 43.0 Å². The van der Waals surface area contributed by atoms with Crippen LogP contribution in [-0.4, -0.2) is 20.9 Å². The van der Waals surface area contributed by atoms with Crippen molar-refractivity contribution in [2.75, 3.05) is 5.32 Å². The van der Waals surface area contributed by atoms with Crippen LogP contribution in [0.25, 0.3) is 0 Å². The Hall–Kier alpha value is -2.30. The topological polar surface area (TPSA) is 67.8 Å². The van der Waals surface area contributed by atoms with Gasteiger partial charge >= 0.3 is 0 Å². The number of pyridine rings is 1. The first-order chi connectivity index (χ1) is 7.36. The van der Waals surface area contributed by atoms with Gasteiger partial charge in [-0.05, 0) is 18.2 Å². The molecule has 0 saturated heterocycles. The Balaban J connectivity index is 2.12. The molecule has 0 unspecified atom stereocenters. The van der Waals surface area contributed by atoms with Gasteiger partial charge in [0, 0.05) is 24.8 Å². The summed E-state index contributed by atoms with van der Waals surface area (Å²) in [6.45, 7) is 0. The van der Waals surface area contributed by atoms with E-state index in [9.17, 15) is 4.79 Å². The normalized spacial score (nSPS) is 9.60. The number of aromatic nitrogens is 3. The molecule has 0 aliphatic carbocycles. The molecule has 15 heavy (non-hydrogen) atoms. The van der Waals surface area contributed by atoms with Gasteiger partial charge in [-0.25, -0.2) is 9.97 Å². The SMILES string of the molecule is O=C(Nc1ncccn1)c1cccnc1. The highest BCUT2D eigenvalue weighted by molar-refractivity contribution is 6.02. The van der Waals surface area contributed by atoms with Gasteiger partial charge in [-0.2, -0.15) is 0 Å². The molecule has 2 aromatic rings. The van der Waals surface area contributed by atoms with Gasteiger partial charge in [-0.1, -0.05) is 0 Å². The average Bonchev–Trinajstić information content (AvgIpc) is 2.31. The summed E-state index contributed by atoms with van der Waals surface area (Å²) in [4.78, 5) is 23.2. The minimum atomic E-state index is -0.269. The number of carbonyl (C=O) groups is 1. The van der Waals surface area contributed by atoms with E-state index in [1.54, 1.807) is 36.8 Å². The van der Waals surface area contributed by atoms with Crippen LogP contribution >= 0.6 is 0 Å². The molecule has 74 valence electrons. The minimum Gasteiger partial charge on any atom is -0.290 e. The van der Waals surface area contributed by atoms with E-state index in [0.717, 1.165) is 0 Å². The molecule has 0 spiro atoms. The smallest absolute Gasteiger partial charge is 0.259 e. The lowest BCUT2D eigenvalue weighted by Crippen LogP contribution is -2.13. The van der Waals surface area contributed by atoms with Crippen molar-refractivity contribution in [3.63, 3.8) is 0 Å². The molecule has 0 bridgehead atoms. The monoisotopic (exact) mass is 200 g/mol. The van der Waals surface area contributed by atoms with Gasteiger partial charge in [0.15, 0.2) is 0 Å². The number of hydrogen-bond donors (Lipinski definition) is 1. The van der Waals surface area contributed by atoms with Crippen LogP contribution in [0.4, 0.5) is 5.95 Å². The number of hydrogen-bond acceptors (Lipinski definition) is 4. The Morgan fingerprint density at radius 2 is 1.93 bits per heavy atom. The van der Waals surface area contributed by atoms with E-state index in [1.165, 1.54) is 6.20 Å². The molecule has 0 atom stereocenters. The lowest BCUT2D eigenvalue weighted by Gasteiger charge is -2.01. The van der Waals surface area contributed by atoms with Crippen molar-refractivity contribution >= 4 is 11.9 Å². The maximum atomic E-state index is 11.6. The van der Waals surface area contributed by atoms with Gasteiger partial charge in [0.2, 0.25) is 5.95 Å². The molecule has 0 aliphatic heterocycles. The summed E-state index contributed by atoms with van der Waals surface area (Å²) in [6, 6.07) is 5.05. The summed E-state index contributed by atoms with van der Waals surface area (Å²) >= 11 is 0. The Labute approximate surface area is 86.2 Å². The van der Waals surface area contributed by atoms with Gasteiger partial charge in [-0.3, -0.25) is 15.1 Å². The molecule has 1 amide bonds. The summed E-state index contributed by atoms with van der Waals surface area (Å²) in [7, 11) is 0. The van der Waals surface area contributed by atoms with Crippen molar-refractivity contribution < 1.29 is 4.79 Å². The average molecular weight is 200 g/mol. The van der Waals surface area contributed by atoms with Gasteiger partial charge in [0.1, 0.15) is 0 Å². The molecular formula is C10H8N4O. The van der Waals surface area contributed by atoms with Gasteiger partial charge in [0.25, 0.3) is 5.91 Å². The largest absolute Gasteiger partial charge is 0.290 e. The molecule has 1 N–H and O–H groups in total. The van der Waals surface area contributed by atoms with Crippen molar-refractivity contribution in [1.82, 2.24) is 15.0 Å². The van der Waals surface area contributed by atoms with Crippen molar-refractivity contribution in [2.24, 2.45) is 0 Å². The third kappa shape index (κ3) is 2.34. The van der Waals surface area contributed by atoms with Crippen LogP contribution in [-0.2, 0) is 0 Å². The Bertz CT molecular complexity index is 443. The quantitative estimate of drug-likeness (QED) is 0.788. The maximum absolute atomic E-state index is 11.6. The first kappa shape index (κ1) is 9.26. The van der Waals surface area contributed by atoms with Gasteiger partial charge < -0.3 is 0 Å². The molecule has 0 saturated carbocycles. The van der Waals surface area contributed by atoms with E-state index < -0.39 is 0 Å². The van der Waals surface area contributed by atoms with E-state index in [0.29, 0.717) is 5.56 Å². The van der Waals surface area contributed by atoms with Crippen LogP contribution in [0.2, 0.25) is 0 Å². The highest BCUT2D eigenvalue weighted by Crippen LogP contribution is 2.00. The molecular weight excluding hydrogens is 192 g/mol. The van der Waals surface area contributed by atoms with E-state index >= 15 is 0 Å². The highest BCUT2D eigenvalue weighted by Gasteiger charge is 2.05. The summed E-state index contributed by atoms with van der Waals surface area (Å²) in [6.07, 6.45) is 6.21. The fourth-order valence-corrected chi connectivity index (χ4v) is 1.03. The zero-order chi connectivity index (χ0) is 10.5. The Morgan fingerprint density at radius 3 is 2.60 bits per heavy atom. The number of rotatable bonds is 2. The summed E-state index contributed by atoms with van der Waals surface area (Å²) in [5, 5.41) is 2.56. The first-order valence-electron chi connectivity index (χ1n) is 4.34. The van der Waals surface area contributed by atoms with E-state index in [-0.39, 0.29) is 11.9 Å². The molecule has 2 heterocycles. The zero-order valence-corrected chi connectivity index (χ0v) is 7.79. The van der Waals surface area contributed by atoms with Crippen molar-refractivity contribution in [1.29, 1.82) is 0 Å². The maximum Gasteiger partial charge on any atom is 0.259 e. The van der Waals surface area contributed by atoms with Gasteiger partial charge in [0.05, 0.1) is 5.56 Å². The second-order valence-corrected chi connectivity index (χ2v) is 2.77. The lowest BCUT2D eigenvalue weighted by atomic mass is 10.3. The molecule has 0 aromatic carbocycles. The Kier molecular flexibility index (Phi) is 2.64. The molecule has 5 heteroatoms. The van der Waals surface area contributed by atoms with Crippen LogP contribution in [0.5, 0.6) is 0 Å². The van der Waals surface area contributed by atoms with Crippen molar-refractivity contribution in [2.45, 2.75) is 0 Å². The lowest BCUT2D eigenvalue weighted by molar-refractivity contribution is 0.102. The molecule has 2 rings (SSSR count). The molecule has 0 radical (unpaired) electrons. The van der Waals surface area contributed by atoms with Crippen molar-refractivity contribution in [3.05, 3.63) is 48.5 Å². The Morgan fingerprint density at radius 1 is 1.13 bits per heavy atom. The van der Waals surface area contributed by atoms with Crippen LogP contribution in [0, 0.1) is 0 Å². The van der Waals surface area contributed by atoms with Crippen molar-refractivity contribution in [3.8, 4) is 0 Å².